The Morgan fingerprint density at radius 2 is 1.94 bits per heavy atom. The van der Waals surface area contributed by atoms with Crippen molar-refractivity contribution in [2.75, 3.05) is 6.54 Å². The number of piperidine rings is 1. The SMILES string of the molecule is Cc1cc(F)cc(C)c1C(O)C1CCCCN1. The monoisotopic (exact) mass is 237 g/mol. The highest BCUT2D eigenvalue weighted by Crippen LogP contribution is 2.28. The predicted octanol–water partition coefficient (Wildman–Crippen LogP) is 2.62. The molecule has 1 aliphatic heterocycles. The number of nitrogens with one attached hydrogen (secondary N) is 1. The van der Waals surface area contributed by atoms with Gasteiger partial charge in [0.05, 0.1) is 6.10 Å². The second-order valence-electron chi connectivity index (χ2n) is 4.95. The summed E-state index contributed by atoms with van der Waals surface area (Å²) in [6.07, 6.45) is 2.77. The van der Waals surface area contributed by atoms with Gasteiger partial charge < -0.3 is 10.4 Å². The zero-order valence-electron chi connectivity index (χ0n) is 10.5. The first-order chi connectivity index (χ1) is 8.09. The Morgan fingerprint density at radius 1 is 1.29 bits per heavy atom. The van der Waals surface area contributed by atoms with Crippen LogP contribution in [0.5, 0.6) is 0 Å². The van der Waals surface area contributed by atoms with Gasteiger partial charge in [0, 0.05) is 6.04 Å². The van der Waals surface area contributed by atoms with Gasteiger partial charge in [0.25, 0.3) is 0 Å². The summed E-state index contributed by atoms with van der Waals surface area (Å²) in [5, 5.41) is 13.8. The summed E-state index contributed by atoms with van der Waals surface area (Å²) in [7, 11) is 0. The molecule has 2 unspecified atom stereocenters. The maximum atomic E-state index is 13.2. The molecule has 0 aromatic heterocycles. The van der Waals surface area contributed by atoms with Gasteiger partial charge in [0.1, 0.15) is 5.82 Å². The lowest BCUT2D eigenvalue weighted by molar-refractivity contribution is 0.112. The van der Waals surface area contributed by atoms with Gasteiger partial charge in [-0.1, -0.05) is 6.42 Å². The first-order valence-electron chi connectivity index (χ1n) is 6.27. The number of hydrogen-bond acceptors (Lipinski definition) is 2. The van der Waals surface area contributed by atoms with Gasteiger partial charge in [-0.3, -0.25) is 0 Å². The van der Waals surface area contributed by atoms with Gasteiger partial charge >= 0.3 is 0 Å². The van der Waals surface area contributed by atoms with Crippen molar-refractivity contribution in [1.82, 2.24) is 5.32 Å². The maximum absolute atomic E-state index is 13.2. The highest BCUT2D eigenvalue weighted by Gasteiger charge is 2.25. The summed E-state index contributed by atoms with van der Waals surface area (Å²) in [6, 6.07) is 3.09. The third-order valence-corrected chi connectivity index (χ3v) is 3.58. The van der Waals surface area contributed by atoms with E-state index in [0.29, 0.717) is 0 Å². The van der Waals surface area contributed by atoms with Crippen LogP contribution in [0, 0.1) is 19.7 Å². The number of aryl methyl sites for hydroxylation is 2. The first kappa shape index (κ1) is 12.5. The van der Waals surface area contributed by atoms with Crippen molar-refractivity contribution in [3.8, 4) is 0 Å². The second kappa shape index (κ2) is 5.15. The molecule has 0 amide bonds. The lowest BCUT2D eigenvalue weighted by Gasteiger charge is -2.30. The molecule has 1 aliphatic rings. The molecule has 0 saturated carbocycles. The van der Waals surface area contributed by atoms with Crippen molar-refractivity contribution in [1.29, 1.82) is 0 Å². The number of rotatable bonds is 2. The molecule has 1 aromatic rings. The van der Waals surface area contributed by atoms with Crippen LogP contribution in [-0.4, -0.2) is 17.7 Å². The quantitative estimate of drug-likeness (QED) is 0.828. The molecule has 2 atom stereocenters. The number of halogens is 1. The molecule has 17 heavy (non-hydrogen) atoms. The minimum atomic E-state index is -0.532. The smallest absolute Gasteiger partial charge is 0.123 e. The van der Waals surface area contributed by atoms with Crippen LogP contribution in [0.1, 0.15) is 42.1 Å². The van der Waals surface area contributed by atoms with Gasteiger partial charge in [-0.25, -0.2) is 4.39 Å². The predicted molar refractivity (Wildman–Crippen MR) is 66.5 cm³/mol. The lowest BCUT2D eigenvalue weighted by Crippen LogP contribution is -2.39. The zero-order valence-corrected chi connectivity index (χ0v) is 10.5. The molecular weight excluding hydrogens is 217 g/mol. The van der Waals surface area contributed by atoms with Crippen molar-refractivity contribution >= 4 is 0 Å². The fourth-order valence-electron chi connectivity index (χ4n) is 2.74. The molecule has 2 N–H and O–H groups in total. The third kappa shape index (κ3) is 2.67. The molecule has 3 heteroatoms. The standard InChI is InChI=1S/C14H20FNO/c1-9-7-11(15)8-10(2)13(9)14(17)12-5-3-4-6-16-12/h7-8,12,14,16-17H,3-6H2,1-2H3. The van der Waals surface area contributed by atoms with Crippen LogP contribution < -0.4 is 5.32 Å². The second-order valence-corrected chi connectivity index (χ2v) is 4.95. The summed E-state index contributed by atoms with van der Waals surface area (Å²) in [5.74, 6) is -0.229. The molecule has 2 rings (SSSR count). The minimum absolute atomic E-state index is 0.103. The van der Waals surface area contributed by atoms with E-state index in [1.54, 1.807) is 0 Å². The van der Waals surface area contributed by atoms with Gasteiger partial charge in [0.15, 0.2) is 0 Å². The van der Waals surface area contributed by atoms with Crippen LogP contribution in [0.2, 0.25) is 0 Å². The van der Waals surface area contributed by atoms with Gasteiger partial charge in [0.2, 0.25) is 0 Å². The molecule has 0 aliphatic carbocycles. The van der Waals surface area contributed by atoms with Crippen molar-refractivity contribution in [2.24, 2.45) is 0 Å². The van der Waals surface area contributed by atoms with E-state index in [-0.39, 0.29) is 11.9 Å². The van der Waals surface area contributed by atoms with Gasteiger partial charge in [-0.2, -0.15) is 0 Å². The van der Waals surface area contributed by atoms with E-state index >= 15 is 0 Å². The first-order valence-corrected chi connectivity index (χ1v) is 6.27. The van der Waals surface area contributed by atoms with E-state index in [4.69, 9.17) is 0 Å². The van der Waals surface area contributed by atoms with Crippen LogP contribution in [0.25, 0.3) is 0 Å². The Kier molecular flexibility index (Phi) is 3.79. The molecule has 2 nitrogen and oxygen atoms in total. The Balaban J connectivity index is 2.26. The van der Waals surface area contributed by atoms with Crippen LogP contribution in [0.15, 0.2) is 12.1 Å². The lowest BCUT2D eigenvalue weighted by atomic mass is 9.90. The summed E-state index contributed by atoms with van der Waals surface area (Å²) in [4.78, 5) is 0. The Bertz CT molecular complexity index is 376. The summed E-state index contributed by atoms with van der Waals surface area (Å²) < 4.78 is 13.2. The zero-order chi connectivity index (χ0) is 12.4. The Labute approximate surface area is 102 Å². The molecular formula is C14H20FNO. The number of aliphatic hydroxyl groups is 1. The molecule has 0 radical (unpaired) electrons. The highest BCUT2D eigenvalue weighted by molar-refractivity contribution is 5.36. The van der Waals surface area contributed by atoms with Crippen LogP contribution in [-0.2, 0) is 0 Å². The van der Waals surface area contributed by atoms with Crippen LogP contribution in [0.4, 0.5) is 4.39 Å². The average Bonchev–Trinajstić information content (AvgIpc) is 2.28. The summed E-state index contributed by atoms with van der Waals surface area (Å²) in [5.41, 5.74) is 2.55. The largest absolute Gasteiger partial charge is 0.387 e. The molecule has 1 heterocycles. The van der Waals surface area contributed by atoms with E-state index in [1.807, 2.05) is 13.8 Å². The van der Waals surface area contributed by atoms with Crippen molar-refractivity contribution in [2.45, 2.75) is 45.3 Å². The van der Waals surface area contributed by atoms with Crippen molar-refractivity contribution in [3.05, 3.63) is 34.6 Å². The maximum Gasteiger partial charge on any atom is 0.123 e. The third-order valence-electron chi connectivity index (χ3n) is 3.58. The van der Waals surface area contributed by atoms with E-state index in [1.165, 1.54) is 18.6 Å². The van der Waals surface area contributed by atoms with E-state index in [0.717, 1.165) is 36.1 Å². The Hall–Kier alpha value is -0.930. The molecule has 94 valence electrons. The van der Waals surface area contributed by atoms with E-state index < -0.39 is 6.10 Å². The fourth-order valence-corrected chi connectivity index (χ4v) is 2.74. The summed E-state index contributed by atoms with van der Waals surface area (Å²) in [6.45, 7) is 4.68. The van der Waals surface area contributed by atoms with Gasteiger partial charge in [-0.15, -0.1) is 0 Å². The van der Waals surface area contributed by atoms with E-state index in [9.17, 15) is 9.50 Å². The molecule has 1 aromatic carbocycles. The molecule has 1 fully saturated rings. The molecule has 1 saturated heterocycles. The van der Waals surface area contributed by atoms with Gasteiger partial charge in [-0.05, 0) is 62.1 Å². The topological polar surface area (TPSA) is 32.3 Å². The summed E-state index contributed by atoms with van der Waals surface area (Å²) >= 11 is 0. The Morgan fingerprint density at radius 3 is 2.47 bits per heavy atom. The van der Waals surface area contributed by atoms with E-state index in [2.05, 4.69) is 5.32 Å². The number of hydrogen-bond donors (Lipinski definition) is 2. The van der Waals surface area contributed by atoms with Crippen LogP contribution in [0.3, 0.4) is 0 Å². The molecule has 0 spiro atoms. The normalized spacial score (nSPS) is 22.5. The highest BCUT2D eigenvalue weighted by atomic mass is 19.1. The molecule has 0 bridgehead atoms. The fraction of sp³-hybridized carbons (Fsp3) is 0.571. The minimum Gasteiger partial charge on any atom is -0.387 e. The van der Waals surface area contributed by atoms with Crippen molar-refractivity contribution < 1.29 is 9.50 Å². The average molecular weight is 237 g/mol. The number of aliphatic hydroxyl groups excluding tert-OH is 1. The van der Waals surface area contributed by atoms with Crippen LogP contribution >= 0.6 is 0 Å². The van der Waals surface area contributed by atoms with Crippen molar-refractivity contribution in [3.63, 3.8) is 0 Å². The number of benzene rings is 1.